The van der Waals surface area contributed by atoms with Crippen LogP contribution in [-0.4, -0.2) is 0 Å². The third-order valence-electron chi connectivity index (χ3n) is 2.58. The second-order valence-electron chi connectivity index (χ2n) is 3.90. The van der Waals surface area contributed by atoms with E-state index in [1.54, 1.807) is 6.07 Å². The van der Waals surface area contributed by atoms with E-state index < -0.39 is 0 Å². The monoisotopic (exact) mass is 344 g/mol. The molecule has 4 heteroatoms. The van der Waals surface area contributed by atoms with Crippen LogP contribution in [0.3, 0.4) is 0 Å². The first-order valence-electron chi connectivity index (χ1n) is 5.38. The Kier molecular flexibility index (Phi) is 4.55. The lowest BCUT2D eigenvalue weighted by Gasteiger charge is -2.10. The maximum Gasteiger partial charge on any atom is 0.146 e. The van der Waals surface area contributed by atoms with E-state index in [-0.39, 0.29) is 0 Å². The van der Waals surface area contributed by atoms with Crippen molar-refractivity contribution in [2.45, 2.75) is 12.8 Å². The second kappa shape index (κ2) is 5.96. The van der Waals surface area contributed by atoms with Gasteiger partial charge in [-0.2, -0.15) is 0 Å². The highest BCUT2D eigenvalue weighted by Gasteiger charge is 2.05. The van der Waals surface area contributed by atoms with Gasteiger partial charge in [-0.15, -0.1) is 11.6 Å². The van der Waals surface area contributed by atoms with Crippen molar-refractivity contribution in [3.63, 3.8) is 0 Å². The lowest BCUT2D eigenvalue weighted by molar-refractivity contribution is 0.482. The molecule has 0 aliphatic carbocycles. The largest absolute Gasteiger partial charge is 0.456 e. The molecule has 2 aromatic rings. The van der Waals surface area contributed by atoms with E-state index in [4.69, 9.17) is 27.9 Å². The summed E-state index contributed by atoms with van der Waals surface area (Å²) in [6.07, 6.45) is 0. The zero-order valence-electron chi connectivity index (χ0n) is 9.71. The number of alkyl halides is 1. The van der Waals surface area contributed by atoms with Crippen LogP contribution in [0.2, 0.25) is 5.02 Å². The van der Waals surface area contributed by atoms with Gasteiger partial charge in [-0.05, 0) is 48.4 Å². The van der Waals surface area contributed by atoms with Crippen molar-refractivity contribution >= 4 is 39.1 Å². The van der Waals surface area contributed by atoms with E-state index >= 15 is 0 Å². The molecule has 18 heavy (non-hydrogen) atoms. The van der Waals surface area contributed by atoms with Crippen LogP contribution in [-0.2, 0) is 5.88 Å². The summed E-state index contributed by atoms with van der Waals surface area (Å²) in [5.74, 6) is 1.90. The number of benzene rings is 2. The molecule has 0 aliphatic rings. The molecule has 0 amide bonds. The molecule has 0 saturated carbocycles. The average molecular weight is 346 g/mol. The molecule has 0 fully saturated rings. The van der Waals surface area contributed by atoms with Crippen molar-refractivity contribution < 1.29 is 4.74 Å². The number of halogens is 3. The lowest BCUT2D eigenvalue weighted by Crippen LogP contribution is -1.89. The summed E-state index contributed by atoms with van der Waals surface area (Å²) in [6, 6.07) is 11.3. The predicted molar refractivity (Wildman–Crippen MR) is 80.0 cm³/mol. The molecule has 0 heterocycles. The van der Waals surface area contributed by atoms with Gasteiger partial charge in [0, 0.05) is 10.4 Å². The van der Waals surface area contributed by atoms with Gasteiger partial charge >= 0.3 is 0 Å². The molecule has 2 aromatic carbocycles. The maximum absolute atomic E-state index is 6.10. The van der Waals surface area contributed by atoms with Gasteiger partial charge in [0.1, 0.15) is 11.5 Å². The topological polar surface area (TPSA) is 9.23 Å². The first-order chi connectivity index (χ1) is 8.60. The molecule has 0 spiro atoms. The minimum absolute atomic E-state index is 0.505. The summed E-state index contributed by atoms with van der Waals surface area (Å²) >= 11 is 15.3. The van der Waals surface area contributed by atoms with Gasteiger partial charge in [-0.25, -0.2) is 0 Å². The molecular formula is C14H11BrCl2O. The quantitative estimate of drug-likeness (QED) is 0.625. The smallest absolute Gasteiger partial charge is 0.146 e. The Morgan fingerprint density at radius 3 is 2.56 bits per heavy atom. The number of hydrogen-bond donors (Lipinski definition) is 0. The molecule has 1 nitrogen and oxygen atoms in total. The molecule has 0 saturated heterocycles. The highest BCUT2D eigenvalue weighted by atomic mass is 79.9. The zero-order valence-corrected chi connectivity index (χ0v) is 12.8. The van der Waals surface area contributed by atoms with E-state index in [1.165, 1.54) is 0 Å². The molecule has 0 aliphatic heterocycles. The molecule has 2 rings (SSSR count). The van der Waals surface area contributed by atoms with E-state index in [2.05, 4.69) is 15.9 Å². The molecule has 0 aromatic heterocycles. The van der Waals surface area contributed by atoms with Gasteiger partial charge in [0.2, 0.25) is 0 Å². The Hall–Kier alpha value is -0.700. The Morgan fingerprint density at radius 1 is 1.17 bits per heavy atom. The van der Waals surface area contributed by atoms with E-state index in [0.29, 0.717) is 16.7 Å². The minimum Gasteiger partial charge on any atom is -0.456 e. The van der Waals surface area contributed by atoms with Crippen LogP contribution in [0.5, 0.6) is 11.5 Å². The number of aryl methyl sites for hydroxylation is 1. The fourth-order valence-corrected chi connectivity index (χ4v) is 2.58. The van der Waals surface area contributed by atoms with E-state index in [0.717, 1.165) is 21.3 Å². The van der Waals surface area contributed by atoms with Gasteiger partial charge in [0.15, 0.2) is 0 Å². The first kappa shape index (κ1) is 13.7. The van der Waals surface area contributed by atoms with Crippen LogP contribution >= 0.6 is 39.1 Å². The van der Waals surface area contributed by atoms with Crippen LogP contribution in [0.25, 0.3) is 0 Å². The van der Waals surface area contributed by atoms with Crippen molar-refractivity contribution in [1.29, 1.82) is 0 Å². The Balaban J connectivity index is 2.26. The molecule has 0 bridgehead atoms. The highest BCUT2D eigenvalue weighted by Crippen LogP contribution is 2.32. The summed E-state index contributed by atoms with van der Waals surface area (Å²) in [6.45, 7) is 2.01. The van der Waals surface area contributed by atoms with Crippen molar-refractivity contribution in [2.75, 3.05) is 0 Å². The lowest BCUT2D eigenvalue weighted by atomic mass is 10.1. The maximum atomic E-state index is 6.10. The van der Waals surface area contributed by atoms with Gasteiger partial charge in [0.25, 0.3) is 0 Å². The predicted octanol–water partition coefficient (Wildman–Crippen LogP) is 5.94. The van der Waals surface area contributed by atoms with Gasteiger partial charge < -0.3 is 4.74 Å². The Labute approximate surface area is 125 Å². The molecule has 0 unspecified atom stereocenters. The fraction of sp³-hybridized carbons (Fsp3) is 0.143. The number of hydrogen-bond acceptors (Lipinski definition) is 1. The summed E-state index contributed by atoms with van der Waals surface area (Å²) < 4.78 is 6.67. The fourth-order valence-electron chi connectivity index (χ4n) is 1.57. The second-order valence-corrected chi connectivity index (χ2v) is 5.49. The van der Waals surface area contributed by atoms with Crippen LogP contribution in [0.4, 0.5) is 0 Å². The zero-order chi connectivity index (χ0) is 13.1. The molecule has 0 radical (unpaired) electrons. The third-order valence-corrected chi connectivity index (χ3v) is 3.66. The normalized spacial score (nSPS) is 10.4. The molecule has 0 N–H and O–H groups in total. The summed E-state index contributed by atoms with van der Waals surface area (Å²) in [5.41, 5.74) is 2.21. The van der Waals surface area contributed by atoms with E-state index in [1.807, 2.05) is 37.3 Å². The van der Waals surface area contributed by atoms with Crippen molar-refractivity contribution in [3.05, 3.63) is 57.0 Å². The summed E-state index contributed by atoms with van der Waals surface area (Å²) in [4.78, 5) is 0. The Bertz CT molecular complexity index is 570. The summed E-state index contributed by atoms with van der Waals surface area (Å²) in [7, 11) is 0. The van der Waals surface area contributed by atoms with Crippen molar-refractivity contribution in [3.8, 4) is 11.5 Å². The van der Waals surface area contributed by atoms with Gasteiger partial charge in [-0.1, -0.05) is 33.6 Å². The highest BCUT2D eigenvalue weighted by molar-refractivity contribution is 9.10. The average Bonchev–Trinajstić information content (AvgIpc) is 2.33. The number of rotatable bonds is 3. The standard InChI is InChI=1S/C14H11BrCl2O/c1-9-6-12(4-2-10(9)8-16)18-14-5-3-11(15)7-13(14)17/h2-7H,8H2,1H3. The number of ether oxygens (including phenoxy) is 1. The summed E-state index contributed by atoms with van der Waals surface area (Å²) in [5, 5.41) is 0.573. The Morgan fingerprint density at radius 2 is 1.94 bits per heavy atom. The molecule has 94 valence electrons. The van der Waals surface area contributed by atoms with Crippen molar-refractivity contribution in [2.24, 2.45) is 0 Å². The molecular weight excluding hydrogens is 335 g/mol. The van der Waals surface area contributed by atoms with Crippen LogP contribution in [0.15, 0.2) is 40.9 Å². The third kappa shape index (κ3) is 3.19. The van der Waals surface area contributed by atoms with Gasteiger partial charge in [-0.3, -0.25) is 0 Å². The van der Waals surface area contributed by atoms with Crippen LogP contribution in [0, 0.1) is 6.92 Å². The van der Waals surface area contributed by atoms with Gasteiger partial charge in [0.05, 0.1) is 5.02 Å². The SMILES string of the molecule is Cc1cc(Oc2ccc(Br)cc2Cl)ccc1CCl. The minimum atomic E-state index is 0.505. The van der Waals surface area contributed by atoms with Crippen LogP contribution < -0.4 is 4.74 Å². The van der Waals surface area contributed by atoms with E-state index in [9.17, 15) is 0 Å². The molecule has 0 atom stereocenters. The first-order valence-corrected chi connectivity index (χ1v) is 7.09. The van der Waals surface area contributed by atoms with Crippen molar-refractivity contribution in [1.82, 2.24) is 0 Å². The van der Waals surface area contributed by atoms with Crippen LogP contribution in [0.1, 0.15) is 11.1 Å².